The lowest BCUT2D eigenvalue weighted by molar-refractivity contribution is 0.681. The molecular formula is C12H14N4O. The van der Waals surface area contributed by atoms with Gasteiger partial charge in [0.25, 0.3) is 5.56 Å². The van der Waals surface area contributed by atoms with Crippen LogP contribution in [0.5, 0.6) is 0 Å². The van der Waals surface area contributed by atoms with E-state index in [1.807, 2.05) is 0 Å². The van der Waals surface area contributed by atoms with Crippen LogP contribution in [-0.2, 0) is 6.54 Å². The molecule has 0 saturated carbocycles. The fraction of sp³-hybridized carbons (Fsp3) is 0.250. The number of pyridine rings is 1. The summed E-state index contributed by atoms with van der Waals surface area (Å²) in [7, 11) is 0. The van der Waals surface area contributed by atoms with Crippen LogP contribution in [0.3, 0.4) is 0 Å². The molecule has 0 radical (unpaired) electrons. The van der Waals surface area contributed by atoms with Crippen molar-refractivity contribution in [3.63, 3.8) is 0 Å². The monoisotopic (exact) mass is 230 g/mol. The molecule has 5 heteroatoms. The molecule has 0 aromatic carbocycles. The molecule has 0 spiro atoms. The summed E-state index contributed by atoms with van der Waals surface area (Å²) in [6.45, 7) is 4.00. The first-order valence-corrected chi connectivity index (χ1v) is 5.32. The van der Waals surface area contributed by atoms with E-state index in [0.717, 1.165) is 11.4 Å². The molecule has 88 valence electrons. The largest absolute Gasteiger partial charge is 0.399 e. The Labute approximate surface area is 99.0 Å². The van der Waals surface area contributed by atoms with Crippen LogP contribution in [0.4, 0.5) is 5.69 Å². The van der Waals surface area contributed by atoms with Crippen molar-refractivity contribution in [2.24, 2.45) is 0 Å². The molecule has 2 rings (SSSR count). The van der Waals surface area contributed by atoms with E-state index >= 15 is 0 Å². The molecule has 2 N–H and O–H groups in total. The van der Waals surface area contributed by atoms with Crippen molar-refractivity contribution in [3.8, 4) is 0 Å². The summed E-state index contributed by atoms with van der Waals surface area (Å²) in [6.07, 6.45) is 1.63. The van der Waals surface area contributed by atoms with Gasteiger partial charge in [-0.1, -0.05) is 0 Å². The maximum absolute atomic E-state index is 11.8. The lowest BCUT2D eigenvalue weighted by Crippen LogP contribution is -2.24. The molecule has 2 heterocycles. The molecule has 0 aliphatic rings. The van der Waals surface area contributed by atoms with Gasteiger partial charge in [0, 0.05) is 23.6 Å². The van der Waals surface area contributed by atoms with E-state index in [1.54, 1.807) is 36.7 Å². The zero-order valence-electron chi connectivity index (χ0n) is 9.84. The van der Waals surface area contributed by atoms with Gasteiger partial charge in [0.1, 0.15) is 5.82 Å². The Balaban J connectivity index is 2.40. The van der Waals surface area contributed by atoms with Gasteiger partial charge >= 0.3 is 0 Å². The molecule has 2 aromatic heterocycles. The molecule has 0 aliphatic carbocycles. The summed E-state index contributed by atoms with van der Waals surface area (Å²) in [6, 6.07) is 4.98. The van der Waals surface area contributed by atoms with E-state index in [0.29, 0.717) is 18.1 Å². The quantitative estimate of drug-likeness (QED) is 0.831. The fourth-order valence-electron chi connectivity index (χ4n) is 1.70. The molecule has 0 unspecified atom stereocenters. The second kappa shape index (κ2) is 4.37. The lowest BCUT2D eigenvalue weighted by atomic mass is 10.3. The van der Waals surface area contributed by atoms with Gasteiger partial charge < -0.3 is 5.73 Å². The van der Waals surface area contributed by atoms with Gasteiger partial charge in [0.2, 0.25) is 0 Å². The highest BCUT2D eigenvalue weighted by Crippen LogP contribution is 2.05. The third-order valence-electron chi connectivity index (χ3n) is 2.49. The Kier molecular flexibility index (Phi) is 2.91. The first-order chi connectivity index (χ1) is 8.06. The van der Waals surface area contributed by atoms with Crippen molar-refractivity contribution in [3.05, 3.63) is 52.0 Å². The maximum atomic E-state index is 11.8. The number of hydrogen-bond acceptors (Lipinski definition) is 4. The second-order valence-corrected chi connectivity index (χ2v) is 3.95. The Morgan fingerprint density at radius 3 is 2.76 bits per heavy atom. The van der Waals surface area contributed by atoms with Crippen LogP contribution < -0.4 is 11.3 Å². The highest BCUT2D eigenvalue weighted by molar-refractivity contribution is 5.37. The molecule has 0 amide bonds. The van der Waals surface area contributed by atoms with E-state index in [-0.39, 0.29) is 5.56 Å². The van der Waals surface area contributed by atoms with Crippen molar-refractivity contribution < 1.29 is 0 Å². The molecule has 0 saturated heterocycles. The first-order valence-electron chi connectivity index (χ1n) is 5.32. The molecule has 0 atom stereocenters. The van der Waals surface area contributed by atoms with Crippen LogP contribution in [0, 0.1) is 13.8 Å². The van der Waals surface area contributed by atoms with Crippen molar-refractivity contribution in [2.75, 3.05) is 5.73 Å². The van der Waals surface area contributed by atoms with Crippen molar-refractivity contribution in [1.82, 2.24) is 14.5 Å². The third-order valence-corrected chi connectivity index (χ3v) is 2.49. The standard InChI is InChI=1S/C12H14N4O/c1-8-5-12(17)16(9(2)15-8)7-11-6-10(13)3-4-14-11/h3-6H,7H2,1-2H3,(H2,13,14). The van der Waals surface area contributed by atoms with Gasteiger partial charge in [-0.15, -0.1) is 0 Å². The van der Waals surface area contributed by atoms with Crippen molar-refractivity contribution in [2.45, 2.75) is 20.4 Å². The molecule has 2 aromatic rings. The fourth-order valence-corrected chi connectivity index (χ4v) is 1.70. The Morgan fingerprint density at radius 2 is 2.12 bits per heavy atom. The summed E-state index contributed by atoms with van der Waals surface area (Å²) in [5.41, 5.74) is 7.72. The number of nitrogens with zero attached hydrogens (tertiary/aromatic N) is 3. The number of aryl methyl sites for hydroxylation is 2. The average molecular weight is 230 g/mol. The van der Waals surface area contributed by atoms with Crippen molar-refractivity contribution >= 4 is 5.69 Å². The van der Waals surface area contributed by atoms with Gasteiger partial charge in [0.15, 0.2) is 0 Å². The van der Waals surface area contributed by atoms with Gasteiger partial charge in [-0.25, -0.2) is 4.98 Å². The average Bonchev–Trinajstić information content (AvgIpc) is 2.23. The Morgan fingerprint density at radius 1 is 1.35 bits per heavy atom. The summed E-state index contributed by atoms with van der Waals surface area (Å²) in [4.78, 5) is 20.2. The predicted molar refractivity (Wildman–Crippen MR) is 65.7 cm³/mol. The lowest BCUT2D eigenvalue weighted by Gasteiger charge is -2.09. The van der Waals surface area contributed by atoms with Crippen LogP contribution in [-0.4, -0.2) is 14.5 Å². The van der Waals surface area contributed by atoms with Crippen LogP contribution in [0.2, 0.25) is 0 Å². The molecule has 0 aliphatic heterocycles. The SMILES string of the molecule is Cc1cc(=O)n(Cc2cc(N)ccn2)c(C)n1. The Hall–Kier alpha value is -2.17. The van der Waals surface area contributed by atoms with E-state index < -0.39 is 0 Å². The summed E-state index contributed by atoms with van der Waals surface area (Å²) < 4.78 is 1.58. The maximum Gasteiger partial charge on any atom is 0.254 e. The molecule has 17 heavy (non-hydrogen) atoms. The third kappa shape index (κ3) is 2.50. The highest BCUT2D eigenvalue weighted by Gasteiger charge is 2.04. The number of hydrogen-bond donors (Lipinski definition) is 1. The van der Waals surface area contributed by atoms with Gasteiger partial charge in [-0.2, -0.15) is 0 Å². The van der Waals surface area contributed by atoms with Crippen molar-refractivity contribution in [1.29, 1.82) is 0 Å². The Bertz CT molecular complexity index is 604. The van der Waals surface area contributed by atoms with Crippen LogP contribution in [0.15, 0.2) is 29.2 Å². The second-order valence-electron chi connectivity index (χ2n) is 3.95. The number of nitrogen functional groups attached to an aromatic ring is 1. The number of anilines is 1. The smallest absolute Gasteiger partial charge is 0.254 e. The minimum Gasteiger partial charge on any atom is -0.399 e. The molecule has 5 nitrogen and oxygen atoms in total. The zero-order chi connectivity index (χ0) is 12.4. The first kappa shape index (κ1) is 11.3. The topological polar surface area (TPSA) is 73.8 Å². The minimum absolute atomic E-state index is 0.0702. The zero-order valence-corrected chi connectivity index (χ0v) is 9.84. The van der Waals surface area contributed by atoms with Crippen LogP contribution in [0.25, 0.3) is 0 Å². The van der Waals surface area contributed by atoms with Crippen LogP contribution >= 0.6 is 0 Å². The summed E-state index contributed by atoms with van der Waals surface area (Å²) in [5, 5.41) is 0. The van der Waals surface area contributed by atoms with E-state index in [9.17, 15) is 4.79 Å². The molecule has 0 fully saturated rings. The highest BCUT2D eigenvalue weighted by atomic mass is 16.1. The van der Waals surface area contributed by atoms with Crippen LogP contribution in [0.1, 0.15) is 17.2 Å². The number of rotatable bonds is 2. The summed E-state index contributed by atoms with van der Waals surface area (Å²) in [5.74, 6) is 0.680. The van der Waals surface area contributed by atoms with Gasteiger partial charge in [0.05, 0.1) is 12.2 Å². The summed E-state index contributed by atoms with van der Waals surface area (Å²) >= 11 is 0. The number of nitrogens with two attached hydrogens (primary N) is 1. The van der Waals surface area contributed by atoms with E-state index in [2.05, 4.69) is 9.97 Å². The minimum atomic E-state index is -0.0702. The van der Waals surface area contributed by atoms with E-state index in [1.165, 1.54) is 6.07 Å². The van der Waals surface area contributed by atoms with Gasteiger partial charge in [-0.3, -0.25) is 14.3 Å². The molecular weight excluding hydrogens is 216 g/mol. The number of aromatic nitrogens is 3. The normalized spacial score (nSPS) is 10.5. The predicted octanol–water partition coefficient (Wildman–Crippen LogP) is 0.886. The van der Waals surface area contributed by atoms with E-state index in [4.69, 9.17) is 5.73 Å². The molecule has 0 bridgehead atoms. The van der Waals surface area contributed by atoms with Gasteiger partial charge in [-0.05, 0) is 26.0 Å².